The molecule has 6 nitrogen and oxygen atoms in total. The van der Waals surface area contributed by atoms with Gasteiger partial charge < -0.3 is 14.2 Å². The number of hydrogen-bond acceptors (Lipinski definition) is 6. The summed E-state index contributed by atoms with van der Waals surface area (Å²) in [5.74, 6) is -0.863. The summed E-state index contributed by atoms with van der Waals surface area (Å²) in [5, 5.41) is 0. The van der Waals surface area contributed by atoms with Crippen molar-refractivity contribution >= 4 is 17.9 Å². The van der Waals surface area contributed by atoms with E-state index in [0.717, 1.165) is 96.3 Å². The van der Waals surface area contributed by atoms with Crippen molar-refractivity contribution in [1.29, 1.82) is 0 Å². The van der Waals surface area contributed by atoms with Crippen LogP contribution in [0.2, 0.25) is 0 Å². The molecule has 0 aromatic carbocycles. The average molecular weight is 1130 g/mol. The molecule has 0 bridgehead atoms. The van der Waals surface area contributed by atoms with E-state index in [2.05, 4.69) is 106 Å². The minimum absolute atomic E-state index is 0.0723. The molecule has 1 unspecified atom stereocenters. The first-order valence-electron chi connectivity index (χ1n) is 35.1. The average Bonchev–Trinajstić information content (AvgIpc) is 3.47. The maximum Gasteiger partial charge on any atom is 0.306 e. The Morgan fingerprint density at radius 2 is 0.481 bits per heavy atom. The van der Waals surface area contributed by atoms with E-state index in [1.807, 2.05) is 0 Å². The fraction of sp³-hybridized carbons (Fsp3) is 0.773. The number of hydrogen-bond donors (Lipinski definition) is 0. The number of rotatable bonds is 64. The van der Waals surface area contributed by atoms with Gasteiger partial charge in [-0.15, -0.1) is 0 Å². The van der Waals surface area contributed by atoms with E-state index >= 15 is 0 Å². The number of esters is 3. The molecule has 0 amide bonds. The molecule has 0 rings (SSSR count). The first-order valence-corrected chi connectivity index (χ1v) is 35.1. The van der Waals surface area contributed by atoms with Crippen LogP contribution < -0.4 is 0 Å². The maximum atomic E-state index is 12.9. The van der Waals surface area contributed by atoms with Crippen molar-refractivity contribution in [2.45, 2.75) is 361 Å². The second-order valence-electron chi connectivity index (χ2n) is 23.4. The van der Waals surface area contributed by atoms with Crippen LogP contribution in [0.15, 0.2) is 85.1 Å². The van der Waals surface area contributed by atoms with Gasteiger partial charge in [-0.3, -0.25) is 14.4 Å². The van der Waals surface area contributed by atoms with Crippen molar-refractivity contribution in [1.82, 2.24) is 0 Å². The van der Waals surface area contributed by atoms with E-state index < -0.39 is 6.10 Å². The van der Waals surface area contributed by atoms with E-state index in [-0.39, 0.29) is 31.1 Å². The highest BCUT2D eigenvalue weighted by molar-refractivity contribution is 5.71. The quantitative estimate of drug-likeness (QED) is 0.0261. The van der Waals surface area contributed by atoms with Crippen molar-refractivity contribution in [2.75, 3.05) is 13.2 Å². The third kappa shape index (κ3) is 67.3. The highest BCUT2D eigenvalue weighted by Crippen LogP contribution is 2.17. The summed E-state index contributed by atoms with van der Waals surface area (Å²) in [7, 11) is 0. The Bertz CT molecular complexity index is 1530. The summed E-state index contributed by atoms with van der Waals surface area (Å²) in [5.41, 5.74) is 0. The lowest BCUT2D eigenvalue weighted by Crippen LogP contribution is -2.30. The Morgan fingerprint density at radius 3 is 0.765 bits per heavy atom. The summed E-state index contributed by atoms with van der Waals surface area (Å²) in [6.07, 6.45) is 92.1. The van der Waals surface area contributed by atoms with Crippen molar-refractivity contribution < 1.29 is 28.6 Å². The van der Waals surface area contributed by atoms with Gasteiger partial charge in [0, 0.05) is 19.3 Å². The zero-order valence-corrected chi connectivity index (χ0v) is 53.8. The number of allylic oxidation sites excluding steroid dienone is 14. The fourth-order valence-electron chi connectivity index (χ4n) is 10.2. The van der Waals surface area contributed by atoms with Gasteiger partial charge in [-0.1, -0.05) is 324 Å². The zero-order chi connectivity index (χ0) is 58.5. The predicted molar refractivity (Wildman–Crippen MR) is 353 cm³/mol. The minimum Gasteiger partial charge on any atom is -0.462 e. The van der Waals surface area contributed by atoms with Gasteiger partial charge in [0.1, 0.15) is 13.2 Å². The van der Waals surface area contributed by atoms with Gasteiger partial charge in [0.2, 0.25) is 0 Å². The number of ether oxygens (including phenoxy) is 3. The molecule has 0 fully saturated rings. The summed E-state index contributed by atoms with van der Waals surface area (Å²) in [4.78, 5) is 38.2. The molecule has 0 aliphatic carbocycles. The zero-order valence-electron chi connectivity index (χ0n) is 53.8. The van der Waals surface area contributed by atoms with Gasteiger partial charge in [0.15, 0.2) is 6.10 Å². The molecule has 0 N–H and O–H groups in total. The van der Waals surface area contributed by atoms with Crippen LogP contribution >= 0.6 is 0 Å². The SMILES string of the molecule is CC/C=C\C/C=C\C/C=C\C/C=C\C/C=C\C/C=C\CCCCCCCCCCCCCCCCC(=O)OCC(COC(=O)CCCCCCCCC)OC(=O)CCCCCCCCCCCCC/C=C\CCCCCCCCCC. The molecule has 1 atom stereocenters. The van der Waals surface area contributed by atoms with Gasteiger partial charge in [-0.25, -0.2) is 0 Å². The van der Waals surface area contributed by atoms with Crippen molar-refractivity contribution in [3.8, 4) is 0 Å². The van der Waals surface area contributed by atoms with E-state index in [4.69, 9.17) is 14.2 Å². The Morgan fingerprint density at radius 1 is 0.259 bits per heavy atom. The Hall–Kier alpha value is -3.41. The molecule has 81 heavy (non-hydrogen) atoms. The minimum atomic E-state index is -0.773. The van der Waals surface area contributed by atoms with Crippen LogP contribution in [0.3, 0.4) is 0 Å². The van der Waals surface area contributed by atoms with E-state index in [0.29, 0.717) is 19.3 Å². The van der Waals surface area contributed by atoms with Crippen LogP contribution in [0.5, 0.6) is 0 Å². The molecular weight excluding hydrogens is 997 g/mol. The molecule has 6 heteroatoms. The van der Waals surface area contributed by atoms with Crippen LogP contribution in [0.25, 0.3) is 0 Å². The smallest absolute Gasteiger partial charge is 0.306 e. The maximum absolute atomic E-state index is 12.9. The molecule has 0 spiro atoms. The molecule has 0 saturated heterocycles. The third-order valence-electron chi connectivity index (χ3n) is 15.4. The summed E-state index contributed by atoms with van der Waals surface area (Å²) >= 11 is 0. The van der Waals surface area contributed by atoms with Gasteiger partial charge in [-0.2, -0.15) is 0 Å². The van der Waals surface area contributed by atoms with E-state index in [9.17, 15) is 14.4 Å². The van der Waals surface area contributed by atoms with Crippen molar-refractivity contribution in [3.63, 3.8) is 0 Å². The molecule has 0 saturated carbocycles. The Labute approximate surface area is 503 Å². The second-order valence-corrected chi connectivity index (χ2v) is 23.4. The lowest BCUT2D eigenvalue weighted by molar-refractivity contribution is -0.167. The lowest BCUT2D eigenvalue weighted by atomic mass is 10.0. The normalized spacial score (nSPS) is 12.6. The molecule has 0 aromatic rings. The van der Waals surface area contributed by atoms with Crippen LogP contribution in [0.1, 0.15) is 355 Å². The fourth-order valence-corrected chi connectivity index (χ4v) is 10.2. The topological polar surface area (TPSA) is 78.9 Å². The Kier molecular flexibility index (Phi) is 66.2. The standard InChI is InChI=1S/C75H132O6/c1-4-7-10-13-16-18-20-22-24-26-28-30-32-33-34-35-36-37-38-39-40-41-43-44-46-48-50-52-54-56-59-62-65-68-74(77)80-71-72(70-79-73(76)67-64-61-58-15-12-9-6-3)81-75(78)69-66-63-60-57-55-53-51-49-47-45-42-31-29-27-25-23-21-19-17-14-11-8-5-2/h7,10,16,18,22,24,27-30,33-34,36-37,72H,4-6,8-9,11-15,17,19-21,23,25-26,31-32,35,38-71H2,1-3H3/b10-7-,18-16-,24-22-,29-27-,30-28-,34-33-,37-36-. The van der Waals surface area contributed by atoms with Gasteiger partial charge >= 0.3 is 17.9 Å². The summed E-state index contributed by atoms with van der Waals surface area (Å²) in [6.45, 7) is 6.53. The van der Waals surface area contributed by atoms with Gasteiger partial charge in [-0.05, 0) is 96.3 Å². The predicted octanol–water partition coefficient (Wildman–Crippen LogP) is 24.2. The summed E-state index contributed by atoms with van der Waals surface area (Å²) < 4.78 is 16.9. The molecule has 0 aliphatic heterocycles. The van der Waals surface area contributed by atoms with Crippen LogP contribution in [-0.4, -0.2) is 37.2 Å². The Balaban J connectivity index is 4.05. The van der Waals surface area contributed by atoms with Gasteiger partial charge in [0.05, 0.1) is 0 Å². The first kappa shape index (κ1) is 77.6. The van der Waals surface area contributed by atoms with Crippen LogP contribution in [-0.2, 0) is 28.6 Å². The number of carbonyl (C=O) groups is 3. The highest BCUT2D eigenvalue weighted by Gasteiger charge is 2.19. The second kappa shape index (κ2) is 69.1. The van der Waals surface area contributed by atoms with Gasteiger partial charge in [0.25, 0.3) is 0 Å². The largest absolute Gasteiger partial charge is 0.462 e. The molecule has 468 valence electrons. The van der Waals surface area contributed by atoms with E-state index in [1.165, 1.54) is 218 Å². The molecule has 0 heterocycles. The summed E-state index contributed by atoms with van der Waals surface area (Å²) in [6, 6.07) is 0. The number of unbranched alkanes of at least 4 members (excludes halogenated alkanes) is 39. The van der Waals surface area contributed by atoms with Crippen LogP contribution in [0, 0.1) is 0 Å². The molecule has 0 aliphatic rings. The monoisotopic (exact) mass is 1130 g/mol. The van der Waals surface area contributed by atoms with Crippen molar-refractivity contribution in [2.24, 2.45) is 0 Å². The first-order chi connectivity index (χ1) is 40.0. The molecule has 0 aromatic heterocycles. The van der Waals surface area contributed by atoms with E-state index in [1.54, 1.807) is 0 Å². The lowest BCUT2D eigenvalue weighted by Gasteiger charge is -2.18. The third-order valence-corrected chi connectivity index (χ3v) is 15.4. The number of carbonyl (C=O) groups excluding carboxylic acids is 3. The highest BCUT2D eigenvalue weighted by atomic mass is 16.6. The van der Waals surface area contributed by atoms with Crippen molar-refractivity contribution in [3.05, 3.63) is 85.1 Å². The molecular formula is C75H132O6. The molecule has 0 radical (unpaired) electrons. The van der Waals surface area contributed by atoms with Crippen LogP contribution in [0.4, 0.5) is 0 Å².